The van der Waals surface area contributed by atoms with Gasteiger partial charge in [-0.05, 0) is 31.6 Å². The SMILES string of the molecule is CCCCC[C@H](O)/C=C/[C@@H]1[C@@H](CC(=O)CCCCC(=O)O[C@@H](CO)COC(=O)CCCCCCCCCCCCCCCCCCC(C)C)[C@@H](O)C[C@H]1O. The van der Waals surface area contributed by atoms with Gasteiger partial charge in [0.15, 0.2) is 6.10 Å². The number of rotatable bonds is 36. The van der Waals surface area contributed by atoms with Crippen molar-refractivity contribution in [3.05, 3.63) is 12.2 Å². The summed E-state index contributed by atoms with van der Waals surface area (Å²) < 4.78 is 10.5. The highest BCUT2D eigenvalue weighted by Gasteiger charge is 2.41. The fraction of sp³-hybridized carbons (Fsp3) is 0.889. The van der Waals surface area contributed by atoms with Crippen LogP contribution in [0.1, 0.15) is 201 Å². The van der Waals surface area contributed by atoms with Gasteiger partial charge in [-0.1, -0.05) is 155 Å². The molecule has 0 amide bonds. The molecule has 0 bridgehead atoms. The largest absolute Gasteiger partial charge is 0.462 e. The summed E-state index contributed by atoms with van der Waals surface area (Å²) in [5, 5.41) is 40.8. The number of carbonyl (C=O) groups is 3. The number of ketones is 1. The van der Waals surface area contributed by atoms with E-state index < -0.39 is 48.8 Å². The smallest absolute Gasteiger partial charge is 0.306 e. The Bertz CT molecular complexity index is 967. The van der Waals surface area contributed by atoms with Crippen LogP contribution in [-0.4, -0.2) is 75.8 Å². The lowest BCUT2D eigenvalue weighted by Crippen LogP contribution is -2.28. The molecule has 1 saturated carbocycles. The zero-order chi connectivity index (χ0) is 39.8. The summed E-state index contributed by atoms with van der Waals surface area (Å²) in [5.41, 5.74) is 0. The number of aliphatic hydroxyl groups excluding tert-OH is 4. The Hall–Kier alpha value is -1.81. The van der Waals surface area contributed by atoms with Crippen LogP contribution < -0.4 is 0 Å². The lowest BCUT2D eigenvalue weighted by molar-refractivity contribution is -0.161. The predicted molar refractivity (Wildman–Crippen MR) is 217 cm³/mol. The van der Waals surface area contributed by atoms with Crippen LogP contribution in [0.5, 0.6) is 0 Å². The maximum absolute atomic E-state index is 12.7. The van der Waals surface area contributed by atoms with Gasteiger partial charge in [-0.15, -0.1) is 0 Å². The van der Waals surface area contributed by atoms with Crippen molar-refractivity contribution >= 4 is 17.7 Å². The van der Waals surface area contributed by atoms with E-state index in [9.17, 15) is 34.8 Å². The molecule has 1 rings (SSSR count). The highest BCUT2D eigenvalue weighted by Crippen LogP contribution is 2.36. The molecular formula is C45H82O9. The predicted octanol–water partition coefficient (Wildman–Crippen LogP) is 9.49. The normalized spacial score (nSPS) is 19.8. The zero-order valence-corrected chi connectivity index (χ0v) is 34.7. The van der Waals surface area contributed by atoms with E-state index >= 15 is 0 Å². The molecule has 9 heteroatoms. The molecular weight excluding hydrogens is 684 g/mol. The minimum Gasteiger partial charge on any atom is -0.462 e. The van der Waals surface area contributed by atoms with E-state index in [4.69, 9.17) is 9.47 Å². The van der Waals surface area contributed by atoms with Gasteiger partial charge in [0.1, 0.15) is 12.4 Å². The molecule has 0 aromatic rings. The maximum atomic E-state index is 12.7. The monoisotopic (exact) mass is 767 g/mol. The Morgan fingerprint density at radius 2 is 1.17 bits per heavy atom. The summed E-state index contributed by atoms with van der Waals surface area (Å²) in [6.07, 6.45) is 27.6. The topological polar surface area (TPSA) is 151 Å². The number of Topliss-reactive ketones (excluding diaryl/α,β-unsaturated/α-hetero) is 1. The van der Waals surface area contributed by atoms with Crippen molar-refractivity contribution in [1.82, 2.24) is 0 Å². The molecule has 1 aliphatic carbocycles. The number of unbranched alkanes of at least 4 members (excludes halogenated alkanes) is 18. The van der Waals surface area contributed by atoms with Crippen LogP contribution in [0.25, 0.3) is 0 Å². The highest BCUT2D eigenvalue weighted by molar-refractivity contribution is 5.79. The van der Waals surface area contributed by atoms with Crippen molar-refractivity contribution in [3.8, 4) is 0 Å². The first-order valence-electron chi connectivity index (χ1n) is 22.3. The molecule has 0 unspecified atom stereocenters. The first-order chi connectivity index (χ1) is 26.1. The number of hydrogen-bond donors (Lipinski definition) is 4. The van der Waals surface area contributed by atoms with Crippen molar-refractivity contribution in [1.29, 1.82) is 0 Å². The second-order valence-electron chi connectivity index (χ2n) is 16.6. The Kier molecular flexibility index (Phi) is 31.0. The number of esters is 2. The molecule has 4 N–H and O–H groups in total. The van der Waals surface area contributed by atoms with Crippen LogP contribution in [0.2, 0.25) is 0 Å². The van der Waals surface area contributed by atoms with E-state index in [1.807, 2.05) is 0 Å². The summed E-state index contributed by atoms with van der Waals surface area (Å²) in [5.74, 6) is -0.880. The third kappa shape index (κ3) is 26.9. The standard InChI is InChI=1S/C45H82O9/c1-4-5-20-26-37(47)30-31-40-41(43(50)33-42(40)49)32-38(48)27-23-24-29-45(52)54-39(34-46)35-53-44(51)28-22-19-17-15-13-11-9-7-6-8-10-12-14-16-18-21-25-36(2)3/h30-31,36-37,39-43,46-47,49-50H,4-29,32-35H2,1-3H3/b31-30+/t37-,39-,40+,41+,42+,43-/m0/s1. The first kappa shape index (κ1) is 50.2. The van der Waals surface area contributed by atoms with Gasteiger partial charge in [0.25, 0.3) is 0 Å². The van der Waals surface area contributed by atoms with Crippen LogP contribution in [-0.2, 0) is 23.9 Å². The second kappa shape index (κ2) is 33.3. The molecule has 0 radical (unpaired) electrons. The fourth-order valence-electron chi connectivity index (χ4n) is 7.50. The van der Waals surface area contributed by atoms with E-state index in [0.29, 0.717) is 25.7 Å². The van der Waals surface area contributed by atoms with Gasteiger partial charge in [0.05, 0.1) is 24.9 Å². The Balaban J connectivity index is 2.06. The molecule has 0 spiro atoms. The molecule has 0 aromatic heterocycles. The van der Waals surface area contributed by atoms with Gasteiger partial charge in [-0.2, -0.15) is 0 Å². The lowest BCUT2D eigenvalue weighted by atomic mass is 9.87. The van der Waals surface area contributed by atoms with Crippen LogP contribution in [0.4, 0.5) is 0 Å². The highest BCUT2D eigenvalue weighted by atomic mass is 16.6. The summed E-state index contributed by atoms with van der Waals surface area (Å²) in [7, 11) is 0. The third-order valence-corrected chi connectivity index (χ3v) is 11.0. The summed E-state index contributed by atoms with van der Waals surface area (Å²) in [4.78, 5) is 37.2. The van der Waals surface area contributed by atoms with Crippen LogP contribution in [0.3, 0.4) is 0 Å². The van der Waals surface area contributed by atoms with Crippen molar-refractivity contribution in [2.75, 3.05) is 13.2 Å². The summed E-state index contributed by atoms with van der Waals surface area (Å²) in [6.45, 7) is 6.09. The number of aliphatic hydroxyl groups is 4. The van der Waals surface area contributed by atoms with Gasteiger partial charge in [0, 0.05) is 43.9 Å². The van der Waals surface area contributed by atoms with Gasteiger partial charge >= 0.3 is 11.9 Å². The minimum atomic E-state index is -0.919. The van der Waals surface area contributed by atoms with Crippen molar-refractivity contribution in [2.45, 2.75) is 225 Å². The van der Waals surface area contributed by atoms with Gasteiger partial charge in [-0.3, -0.25) is 14.4 Å². The summed E-state index contributed by atoms with van der Waals surface area (Å²) >= 11 is 0. The molecule has 9 nitrogen and oxygen atoms in total. The first-order valence-corrected chi connectivity index (χ1v) is 22.3. The maximum Gasteiger partial charge on any atom is 0.306 e. The molecule has 316 valence electrons. The van der Waals surface area contributed by atoms with Crippen molar-refractivity contribution in [3.63, 3.8) is 0 Å². The van der Waals surface area contributed by atoms with Crippen molar-refractivity contribution < 1.29 is 44.3 Å². The van der Waals surface area contributed by atoms with Crippen LogP contribution >= 0.6 is 0 Å². The van der Waals surface area contributed by atoms with Gasteiger partial charge in [0.2, 0.25) is 0 Å². The number of ether oxygens (including phenoxy) is 2. The average Bonchev–Trinajstić information content (AvgIpc) is 3.40. The number of hydrogen-bond acceptors (Lipinski definition) is 9. The second-order valence-corrected chi connectivity index (χ2v) is 16.6. The Morgan fingerprint density at radius 1 is 0.667 bits per heavy atom. The van der Waals surface area contributed by atoms with Gasteiger partial charge in [-0.25, -0.2) is 0 Å². The Labute approximate surface area is 329 Å². The molecule has 0 heterocycles. The van der Waals surface area contributed by atoms with E-state index in [1.165, 1.54) is 89.9 Å². The molecule has 1 aliphatic rings. The van der Waals surface area contributed by atoms with Crippen molar-refractivity contribution in [2.24, 2.45) is 17.8 Å². The van der Waals surface area contributed by atoms with Crippen LogP contribution in [0, 0.1) is 17.8 Å². The molecule has 0 aliphatic heterocycles. The molecule has 1 fully saturated rings. The minimum absolute atomic E-state index is 0.0480. The average molecular weight is 767 g/mol. The van der Waals surface area contributed by atoms with E-state index in [0.717, 1.165) is 44.4 Å². The van der Waals surface area contributed by atoms with Crippen LogP contribution in [0.15, 0.2) is 12.2 Å². The lowest BCUT2D eigenvalue weighted by Gasteiger charge is -2.20. The molecule has 54 heavy (non-hydrogen) atoms. The quantitative estimate of drug-likeness (QED) is 0.0278. The van der Waals surface area contributed by atoms with Gasteiger partial charge < -0.3 is 29.9 Å². The van der Waals surface area contributed by atoms with E-state index in [-0.39, 0.29) is 44.0 Å². The fourth-order valence-corrected chi connectivity index (χ4v) is 7.50. The molecule has 6 atom stereocenters. The third-order valence-electron chi connectivity index (χ3n) is 11.0. The Morgan fingerprint density at radius 3 is 1.72 bits per heavy atom. The summed E-state index contributed by atoms with van der Waals surface area (Å²) in [6, 6.07) is 0. The molecule has 0 aromatic carbocycles. The number of carbonyl (C=O) groups excluding carboxylic acids is 3. The molecule has 0 saturated heterocycles. The van der Waals surface area contributed by atoms with E-state index in [1.54, 1.807) is 12.2 Å². The zero-order valence-electron chi connectivity index (χ0n) is 34.7. The van der Waals surface area contributed by atoms with E-state index in [2.05, 4.69) is 20.8 Å².